The molecule has 0 spiro atoms. The molecule has 2 unspecified atom stereocenters. The lowest BCUT2D eigenvalue weighted by atomic mass is 10.2. The molecule has 0 radical (unpaired) electrons. The molecule has 0 bridgehead atoms. The Morgan fingerprint density at radius 1 is 1.29 bits per heavy atom. The predicted molar refractivity (Wildman–Crippen MR) is 76.6 cm³/mol. The third kappa shape index (κ3) is 5.09. The number of hydrogen-bond acceptors (Lipinski definition) is 3. The molecule has 0 amide bonds. The van der Waals surface area contributed by atoms with E-state index in [4.69, 9.17) is 0 Å². The number of hydrogen-bond donors (Lipinski definition) is 1. The minimum Gasteiger partial charge on any atom is -0.309 e. The van der Waals surface area contributed by atoms with Crippen molar-refractivity contribution in [1.82, 2.24) is 10.3 Å². The Morgan fingerprint density at radius 3 is 2.59 bits per heavy atom. The van der Waals surface area contributed by atoms with Crippen molar-refractivity contribution >= 4 is 11.8 Å². The zero-order valence-electron chi connectivity index (χ0n) is 11.4. The van der Waals surface area contributed by atoms with Crippen LogP contribution in [0.25, 0.3) is 0 Å². The number of aromatic nitrogens is 1. The molecule has 1 N–H and O–H groups in total. The van der Waals surface area contributed by atoms with E-state index in [2.05, 4.69) is 50.1 Å². The van der Waals surface area contributed by atoms with Gasteiger partial charge >= 0.3 is 0 Å². The fourth-order valence-electron chi connectivity index (χ4n) is 1.50. The number of thioether (sulfide) groups is 1. The Balaban J connectivity index is 2.54. The first-order valence-corrected chi connectivity index (χ1v) is 7.41. The van der Waals surface area contributed by atoms with Crippen LogP contribution in [-0.4, -0.2) is 16.8 Å². The third-order valence-electron chi connectivity index (χ3n) is 2.82. The molecule has 1 aromatic heterocycles. The second kappa shape index (κ2) is 7.72. The van der Waals surface area contributed by atoms with Gasteiger partial charge in [0, 0.05) is 22.4 Å². The summed E-state index contributed by atoms with van der Waals surface area (Å²) in [6.45, 7) is 9.87. The molecule has 0 aromatic carbocycles. The molecule has 0 aliphatic heterocycles. The molecule has 17 heavy (non-hydrogen) atoms. The second-order valence-corrected chi connectivity index (χ2v) is 5.94. The first-order valence-electron chi connectivity index (χ1n) is 6.53. The highest BCUT2D eigenvalue weighted by molar-refractivity contribution is 7.99. The molecule has 1 aromatic rings. The lowest BCUT2D eigenvalue weighted by Gasteiger charge is -2.13. The van der Waals surface area contributed by atoms with Crippen molar-refractivity contribution in [3.8, 4) is 0 Å². The average Bonchev–Trinajstić information content (AvgIpc) is 2.36. The predicted octanol–water partition coefficient (Wildman–Crippen LogP) is 4.03. The van der Waals surface area contributed by atoms with E-state index < -0.39 is 0 Å². The molecule has 96 valence electrons. The largest absolute Gasteiger partial charge is 0.309 e. The summed E-state index contributed by atoms with van der Waals surface area (Å²) in [7, 11) is 0. The Morgan fingerprint density at radius 2 is 2.06 bits per heavy atom. The minimum absolute atomic E-state index is 0.345. The van der Waals surface area contributed by atoms with E-state index in [1.165, 1.54) is 11.3 Å². The van der Waals surface area contributed by atoms with E-state index >= 15 is 0 Å². The van der Waals surface area contributed by atoms with Crippen LogP contribution in [0.1, 0.15) is 52.3 Å². The summed E-state index contributed by atoms with van der Waals surface area (Å²) in [6, 6.07) is 4.67. The summed E-state index contributed by atoms with van der Waals surface area (Å²) < 4.78 is 0. The van der Waals surface area contributed by atoms with E-state index in [0.717, 1.165) is 18.7 Å². The summed E-state index contributed by atoms with van der Waals surface area (Å²) in [6.07, 6.45) is 4.35. The van der Waals surface area contributed by atoms with E-state index in [0.29, 0.717) is 11.3 Å². The molecule has 0 fully saturated rings. The van der Waals surface area contributed by atoms with E-state index in [1.807, 2.05) is 18.0 Å². The van der Waals surface area contributed by atoms with Crippen molar-refractivity contribution in [2.45, 2.75) is 56.7 Å². The number of rotatable bonds is 7. The van der Waals surface area contributed by atoms with E-state index in [-0.39, 0.29) is 0 Å². The normalized spacial score (nSPS) is 14.6. The van der Waals surface area contributed by atoms with E-state index in [1.54, 1.807) is 0 Å². The fourth-order valence-corrected chi connectivity index (χ4v) is 2.39. The number of pyridine rings is 1. The average molecular weight is 252 g/mol. The first-order chi connectivity index (χ1) is 8.17. The molecule has 3 heteroatoms. The lowest BCUT2D eigenvalue weighted by Crippen LogP contribution is -2.20. The van der Waals surface area contributed by atoms with Crippen LogP contribution in [0.3, 0.4) is 0 Å². The quantitative estimate of drug-likeness (QED) is 0.742. The zero-order chi connectivity index (χ0) is 12.7. The number of nitrogens with one attached hydrogen (secondary N) is 1. The molecule has 1 rings (SSSR count). The van der Waals surface area contributed by atoms with Crippen LogP contribution in [-0.2, 0) is 0 Å². The van der Waals surface area contributed by atoms with Crippen LogP contribution in [0.15, 0.2) is 23.2 Å². The van der Waals surface area contributed by atoms with Gasteiger partial charge in [-0.3, -0.25) is 4.98 Å². The first kappa shape index (κ1) is 14.5. The van der Waals surface area contributed by atoms with Crippen molar-refractivity contribution in [2.24, 2.45) is 0 Å². The van der Waals surface area contributed by atoms with Gasteiger partial charge in [-0.2, -0.15) is 0 Å². The Hall–Kier alpha value is -0.540. The SMILES string of the molecule is CCCNC(C)c1ccc(SC(C)CC)cn1. The Kier molecular flexibility index (Phi) is 6.60. The van der Waals surface area contributed by atoms with Crippen LogP contribution >= 0.6 is 11.8 Å². The summed E-state index contributed by atoms with van der Waals surface area (Å²) in [5.41, 5.74) is 1.13. The Labute approximate surface area is 110 Å². The van der Waals surface area contributed by atoms with Gasteiger partial charge in [-0.25, -0.2) is 0 Å². The molecule has 1 heterocycles. The van der Waals surface area contributed by atoms with Gasteiger partial charge in [0.2, 0.25) is 0 Å². The minimum atomic E-state index is 0.345. The molecule has 0 aliphatic rings. The molecule has 0 aliphatic carbocycles. The monoisotopic (exact) mass is 252 g/mol. The topological polar surface area (TPSA) is 24.9 Å². The standard InChI is InChI=1S/C14H24N2S/c1-5-9-15-12(4)14-8-7-13(10-16-14)17-11(3)6-2/h7-8,10-12,15H,5-6,9H2,1-4H3. The van der Waals surface area contributed by atoms with Crippen LogP contribution in [0.2, 0.25) is 0 Å². The summed E-state index contributed by atoms with van der Waals surface area (Å²) >= 11 is 1.90. The zero-order valence-corrected chi connectivity index (χ0v) is 12.2. The van der Waals surface area contributed by atoms with Crippen molar-refractivity contribution in [3.05, 3.63) is 24.0 Å². The lowest BCUT2D eigenvalue weighted by molar-refractivity contribution is 0.558. The summed E-state index contributed by atoms with van der Waals surface area (Å²) in [4.78, 5) is 5.80. The van der Waals surface area contributed by atoms with Crippen LogP contribution in [0, 0.1) is 0 Å². The molecule has 2 nitrogen and oxygen atoms in total. The van der Waals surface area contributed by atoms with Gasteiger partial charge in [-0.1, -0.05) is 20.8 Å². The maximum absolute atomic E-state index is 4.54. The van der Waals surface area contributed by atoms with Gasteiger partial charge < -0.3 is 5.32 Å². The molecular weight excluding hydrogens is 228 g/mol. The van der Waals surface area contributed by atoms with Crippen molar-refractivity contribution in [1.29, 1.82) is 0 Å². The smallest absolute Gasteiger partial charge is 0.0571 e. The molecule has 0 saturated heterocycles. The summed E-state index contributed by atoms with van der Waals surface area (Å²) in [5, 5.41) is 4.12. The third-order valence-corrected chi connectivity index (χ3v) is 4.06. The van der Waals surface area contributed by atoms with Crippen molar-refractivity contribution < 1.29 is 0 Å². The van der Waals surface area contributed by atoms with E-state index in [9.17, 15) is 0 Å². The summed E-state index contributed by atoms with van der Waals surface area (Å²) in [5.74, 6) is 0. The van der Waals surface area contributed by atoms with Crippen LogP contribution < -0.4 is 5.32 Å². The van der Waals surface area contributed by atoms with Gasteiger partial charge in [0.1, 0.15) is 0 Å². The van der Waals surface area contributed by atoms with Gasteiger partial charge in [0.05, 0.1) is 5.69 Å². The van der Waals surface area contributed by atoms with Crippen LogP contribution in [0.4, 0.5) is 0 Å². The van der Waals surface area contributed by atoms with Gasteiger partial charge in [-0.15, -0.1) is 11.8 Å². The molecule has 0 saturated carbocycles. The van der Waals surface area contributed by atoms with Crippen molar-refractivity contribution in [3.63, 3.8) is 0 Å². The highest BCUT2D eigenvalue weighted by Crippen LogP contribution is 2.24. The van der Waals surface area contributed by atoms with Crippen LogP contribution in [0.5, 0.6) is 0 Å². The number of nitrogens with zero attached hydrogens (tertiary/aromatic N) is 1. The highest BCUT2D eigenvalue weighted by atomic mass is 32.2. The van der Waals surface area contributed by atoms with Gasteiger partial charge in [0.25, 0.3) is 0 Å². The highest BCUT2D eigenvalue weighted by Gasteiger charge is 2.06. The van der Waals surface area contributed by atoms with Gasteiger partial charge in [0.15, 0.2) is 0 Å². The van der Waals surface area contributed by atoms with Crippen molar-refractivity contribution in [2.75, 3.05) is 6.54 Å². The molecule has 2 atom stereocenters. The maximum atomic E-state index is 4.54. The van der Waals surface area contributed by atoms with Gasteiger partial charge in [-0.05, 0) is 38.4 Å². The molecular formula is C14H24N2S. The second-order valence-electron chi connectivity index (χ2n) is 4.43. The maximum Gasteiger partial charge on any atom is 0.0571 e. The Bertz CT molecular complexity index is 311. The fraction of sp³-hybridized carbons (Fsp3) is 0.643.